The Labute approximate surface area is 212 Å². The van der Waals surface area contributed by atoms with Gasteiger partial charge in [0.15, 0.2) is 11.3 Å². The lowest BCUT2D eigenvalue weighted by atomic mass is 9.92. The van der Waals surface area contributed by atoms with E-state index < -0.39 is 59.7 Å². The van der Waals surface area contributed by atoms with Crippen LogP contribution in [-0.2, 0) is 28.8 Å². The lowest BCUT2D eigenvalue weighted by Crippen LogP contribution is -2.66. The minimum Gasteiger partial charge on any atom is -0.383 e. The molecule has 0 aliphatic carbocycles. The molecule has 1 unspecified atom stereocenters. The van der Waals surface area contributed by atoms with Crippen molar-refractivity contribution in [1.82, 2.24) is 20.9 Å². The molecule has 4 atom stereocenters. The number of carbonyl (C=O) groups is 6. The first-order chi connectivity index (χ1) is 16.6. The van der Waals surface area contributed by atoms with Crippen LogP contribution in [0.15, 0.2) is 0 Å². The van der Waals surface area contributed by atoms with Crippen LogP contribution in [0.5, 0.6) is 0 Å². The number of nitrogens with zero attached hydrogens (tertiary/aromatic N) is 1. The molecule has 6 N–H and O–H groups in total. The highest BCUT2D eigenvalue weighted by molar-refractivity contribution is 6.16. The van der Waals surface area contributed by atoms with Crippen LogP contribution in [0.2, 0.25) is 0 Å². The van der Waals surface area contributed by atoms with E-state index in [1.807, 2.05) is 13.8 Å². The first kappa shape index (κ1) is 31.2. The highest BCUT2D eigenvalue weighted by Gasteiger charge is 2.50. The quantitative estimate of drug-likeness (QED) is 0.194. The average molecular weight is 512 g/mol. The number of hydrogen-bond donors (Lipinski definition) is 5. The molecule has 0 aromatic rings. The van der Waals surface area contributed by atoms with Crippen molar-refractivity contribution < 1.29 is 33.9 Å². The number of nitrogens with two attached hydrogens (primary N) is 1. The minimum absolute atomic E-state index is 0.0284. The molecule has 204 valence electrons. The third-order valence-corrected chi connectivity index (χ3v) is 6.19. The van der Waals surface area contributed by atoms with Crippen LogP contribution < -0.4 is 21.7 Å². The standard InChI is InChI=1S/C24H41N5O7/c1-13(2)10-17(28-21(34)16-8-7-9-26-16)20(33)27-12-19(32)29(22(35)18(31)11-14(3)4)24(6,15(5)30)23(25)36/h13-14,16-18,26,31H,7-12H2,1-6H3,(H2,25,36)(H,27,33)(H,28,34)/t16-,17-,18?,24+/m0/s1. The molecule has 36 heavy (non-hydrogen) atoms. The van der Waals surface area contributed by atoms with Gasteiger partial charge >= 0.3 is 0 Å². The van der Waals surface area contributed by atoms with Crippen LogP contribution in [-0.4, -0.2) is 82.1 Å². The van der Waals surface area contributed by atoms with E-state index in [4.69, 9.17) is 5.73 Å². The van der Waals surface area contributed by atoms with Crippen molar-refractivity contribution in [3.05, 3.63) is 0 Å². The van der Waals surface area contributed by atoms with Crippen LogP contribution in [0.4, 0.5) is 0 Å². The number of primary amides is 1. The van der Waals surface area contributed by atoms with Crippen molar-refractivity contribution in [1.29, 1.82) is 0 Å². The first-order valence-corrected chi connectivity index (χ1v) is 12.3. The van der Waals surface area contributed by atoms with Gasteiger partial charge in [0.1, 0.15) is 12.1 Å². The molecular formula is C24H41N5O7. The largest absolute Gasteiger partial charge is 0.383 e. The summed E-state index contributed by atoms with van der Waals surface area (Å²) in [6.45, 7) is 9.18. The van der Waals surface area contributed by atoms with Crippen molar-refractivity contribution in [3.8, 4) is 0 Å². The summed E-state index contributed by atoms with van der Waals surface area (Å²) >= 11 is 0. The summed E-state index contributed by atoms with van der Waals surface area (Å²) in [5.41, 5.74) is 3.03. The van der Waals surface area contributed by atoms with Crippen molar-refractivity contribution in [2.24, 2.45) is 17.6 Å². The number of Topliss-reactive ketones (excluding diaryl/α,β-unsaturated/α-hetero) is 1. The van der Waals surface area contributed by atoms with E-state index in [0.29, 0.717) is 24.3 Å². The molecule has 1 rings (SSSR count). The Morgan fingerprint density at radius 3 is 2.11 bits per heavy atom. The molecule has 1 fully saturated rings. The van der Waals surface area contributed by atoms with Crippen LogP contribution in [0.1, 0.15) is 67.2 Å². The van der Waals surface area contributed by atoms with Gasteiger partial charge in [-0.25, -0.2) is 0 Å². The molecule has 1 aliphatic heterocycles. The second-order valence-corrected chi connectivity index (χ2v) is 10.3. The summed E-state index contributed by atoms with van der Waals surface area (Å²) in [6.07, 6.45) is 0.0802. The van der Waals surface area contributed by atoms with Gasteiger partial charge in [0.25, 0.3) is 11.8 Å². The molecule has 12 heteroatoms. The SMILES string of the molecule is CC(=O)[C@](C)(C(N)=O)N(C(=O)CNC(=O)[C@H](CC(C)C)NC(=O)[C@@H]1CCCN1)C(=O)C(O)CC(C)C. The van der Waals surface area contributed by atoms with Crippen molar-refractivity contribution in [2.75, 3.05) is 13.1 Å². The predicted octanol–water partition coefficient (Wildman–Crippen LogP) is -1.02. The third-order valence-electron chi connectivity index (χ3n) is 6.19. The third kappa shape index (κ3) is 8.09. The molecular weight excluding hydrogens is 470 g/mol. The van der Waals surface area contributed by atoms with Crippen molar-refractivity contribution in [2.45, 2.75) is 91.0 Å². The Morgan fingerprint density at radius 2 is 1.67 bits per heavy atom. The van der Waals surface area contributed by atoms with Gasteiger partial charge < -0.3 is 26.8 Å². The summed E-state index contributed by atoms with van der Waals surface area (Å²) < 4.78 is 0. The number of rotatable bonds is 13. The average Bonchev–Trinajstić information content (AvgIpc) is 3.30. The Bertz CT molecular complexity index is 838. The lowest BCUT2D eigenvalue weighted by molar-refractivity contribution is -0.165. The Kier molecular flexibility index (Phi) is 11.6. The van der Waals surface area contributed by atoms with Gasteiger partial charge in [-0.15, -0.1) is 0 Å². The maximum atomic E-state index is 13.1. The molecule has 12 nitrogen and oxygen atoms in total. The fraction of sp³-hybridized carbons (Fsp3) is 0.750. The van der Waals surface area contributed by atoms with Crippen LogP contribution in [0.3, 0.4) is 0 Å². The monoisotopic (exact) mass is 511 g/mol. The Hall–Kier alpha value is -2.86. The molecule has 1 aliphatic rings. The van der Waals surface area contributed by atoms with E-state index in [2.05, 4.69) is 16.0 Å². The number of aliphatic hydroxyl groups is 1. The van der Waals surface area contributed by atoms with E-state index >= 15 is 0 Å². The fourth-order valence-corrected chi connectivity index (χ4v) is 3.98. The summed E-state index contributed by atoms with van der Waals surface area (Å²) in [7, 11) is 0. The zero-order valence-electron chi connectivity index (χ0n) is 22.1. The maximum absolute atomic E-state index is 13.1. The molecule has 5 amide bonds. The van der Waals surface area contributed by atoms with Gasteiger partial charge in [0, 0.05) is 0 Å². The van der Waals surface area contributed by atoms with E-state index in [0.717, 1.165) is 20.3 Å². The first-order valence-electron chi connectivity index (χ1n) is 12.3. The number of aliphatic hydroxyl groups excluding tert-OH is 1. The second kappa shape index (κ2) is 13.4. The number of carbonyl (C=O) groups excluding carboxylic acids is 6. The molecule has 0 saturated carbocycles. The van der Waals surface area contributed by atoms with Gasteiger partial charge in [0.2, 0.25) is 17.7 Å². The van der Waals surface area contributed by atoms with E-state index in [9.17, 15) is 33.9 Å². The van der Waals surface area contributed by atoms with Crippen LogP contribution in [0.25, 0.3) is 0 Å². The summed E-state index contributed by atoms with van der Waals surface area (Å²) in [6, 6.07) is -1.35. The topological polar surface area (TPSA) is 188 Å². The summed E-state index contributed by atoms with van der Waals surface area (Å²) in [5, 5.41) is 18.5. The molecule has 0 aromatic heterocycles. The Morgan fingerprint density at radius 1 is 1.08 bits per heavy atom. The van der Waals surface area contributed by atoms with E-state index in [1.165, 1.54) is 0 Å². The van der Waals surface area contributed by atoms with E-state index in [1.54, 1.807) is 13.8 Å². The van der Waals surface area contributed by atoms with Gasteiger partial charge in [-0.1, -0.05) is 27.7 Å². The van der Waals surface area contributed by atoms with Crippen molar-refractivity contribution in [3.63, 3.8) is 0 Å². The number of amides is 5. The number of ketones is 1. The highest BCUT2D eigenvalue weighted by Crippen LogP contribution is 2.20. The molecule has 0 bridgehead atoms. The van der Waals surface area contributed by atoms with Crippen LogP contribution >= 0.6 is 0 Å². The molecule has 0 aromatic carbocycles. The summed E-state index contributed by atoms with van der Waals surface area (Å²) in [4.78, 5) is 76.5. The fourth-order valence-electron chi connectivity index (χ4n) is 3.98. The minimum atomic E-state index is -2.36. The second-order valence-electron chi connectivity index (χ2n) is 10.3. The number of hydrogen-bond acceptors (Lipinski definition) is 8. The van der Waals surface area contributed by atoms with E-state index in [-0.39, 0.29) is 24.2 Å². The highest BCUT2D eigenvalue weighted by atomic mass is 16.3. The predicted molar refractivity (Wildman–Crippen MR) is 131 cm³/mol. The van der Waals surface area contributed by atoms with Crippen molar-refractivity contribution >= 4 is 35.3 Å². The summed E-state index contributed by atoms with van der Waals surface area (Å²) in [5.74, 6) is -5.49. The molecule has 0 spiro atoms. The normalized spacial score (nSPS) is 18.8. The zero-order valence-corrected chi connectivity index (χ0v) is 22.1. The van der Waals surface area contributed by atoms with Crippen LogP contribution in [0, 0.1) is 11.8 Å². The number of nitrogens with one attached hydrogen (secondary N) is 3. The number of imide groups is 1. The van der Waals surface area contributed by atoms with Gasteiger partial charge in [-0.3, -0.25) is 33.7 Å². The van der Waals surface area contributed by atoms with Gasteiger partial charge in [0.05, 0.1) is 12.6 Å². The lowest BCUT2D eigenvalue weighted by Gasteiger charge is -2.36. The van der Waals surface area contributed by atoms with Gasteiger partial charge in [-0.05, 0) is 57.9 Å². The molecule has 1 heterocycles. The Balaban J connectivity index is 3.11. The maximum Gasteiger partial charge on any atom is 0.259 e. The molecule has 0 radical (unpaired) electrons. The smallest absolute Gasteiger partial charge is 0.259 e. The zero-order chi connectivity index (χ0) is 27.8. The van der Waals surface area contributed by atoms with Gasteiger partial charge in [-0.2, -0.15) is 0 Å². The molecule has 1 saturated heterocycles.